The van der Waals surface area contributed by atoms with Crippen molar-refractivity contribution in [1.29, 1.82) is 0 Å². The summed E-state index contributed by atoms with van der Waals surface area (Å²) >= 11 is 0. The molecule has 9 heteroatoms. The zero-order valence-corrected chi connectivity index (χ0v) is 16.8. The summed E-state index contributed by atoms with van der Waals surface area (Å²) in [5, 5.41) is 6.39. The van der Waals surface area contributed by atoms with Crippen molar-refractivity contribution in [3.8, 4) is 0 Å². The molecule has 0 aliphatic carbocycles. The number of hydrogen-bond acceptors (Lipinski definition) is 8. The zero-order valence-electron chi connectivity index (χ0n) is 16.8. The number of hydrogen-bond donors (Lipinski definition) is 3. The third kappa shape index (κ3) is 5.08. The SMILES string of the molecule is C[C@H](Nc1nc(N)c(Cc2ccccn2)c(Nc2cnccn2)n1)c1ccc(F)cc1. The van der Waals surface area contributed by atoms with Crippen LogP contribution in [0, 0.1) is 5.82 Å². The van der Waals surface area contributed by atoms with Crippen LogP contribution in [-0.4, -0.2) is 24.9 Å². The van der Waals surface area contributed by atoms with E-state index in [9.17, 15) is 4.39 Å². The van der Waals surface area contributed by atoms with Crippen LogP contribution in [0.4, 0.5) is 27.8 Å². The van der Waals surface area contributed by atoms with Gasteiger partial charge in [-0.15, -0.1) is 0 Å². The Hall–Kier alpha value is -4.14. The molecule has 4 N–H and O–H groups in total. The first-order chi connectivity index (χ1) is 15.1. The second-order valence-corrected chi connectivity index (χ2v) is 6.89. The van der Waals surface area contributed by atoms with E-state index in [1.54, 1.807) is 36.9 Å². The molecule has 0 fully saturated rings. The monoisotopic (exact) mass is 416 g/mol. The molecule has 0 amide bonds. The van der Waals surface area contributed by atoms with Gasteiger partial charge >= 0.3 is 0 Å². The highest BCUT2D eigenvalue weighted by Gasteiger charge is 2.16. The van der Waals surface area contributed by atoms with Crippen molar-refractivity contribution in [2.75, 3.05) is 16.4 Å². The first-order valence-electron chi connectivity index (χ1n) is 9.70. The van der Waals surface area contributed by atoms with Gasteiger partial charge < -0.3 is 16.4 Å². The number of benzene rings is 1. The minimum absolute atomic E-state index is 0.161. The van der Waals surface area contributed by atoms with Crippen LogP contribution in [0.1, 0.15) is 29.8 Å². The molecular weight excluding hydrogens is 395 g/mol. The molecule has 156 valence electrons. The van der Waals surface area contributed by atoms with Gasteiger partial charge in [-0.1, -0.05) is 18.2 Å². The number of aromatic nitrogens is 5. The molecule has 0 aliphatic rings. The number of nitrogen functional groups attached to an aromatic ring is 1. The molecule has 0 unspecified atom stereocenters. The molecule has 0 saturated carbocycles. The predicted octanol–water partition coefficient (Wildman–Crippen LogP) is 3.89. The summed E-state index contributed by atoms with van der Waals surface area (Å²) in [6.45, 7) is 1.93. The quantitative estimate of drug-likeness (QED) is 0.416. The smallest absolute Gasteiger partial charge is 0.227 e. The summed E-state index contributed by atoms with van der Waals surface area (Å²) in [5.41, 5.74) is 8.74. The highest BCUT2D eigenvalue weighted by Crippen LogP contribution is 2.27. The molecule has 4 aromatic rings. The van der Waals surface area contributed by atoms with Gasteiger partial charge in [0, 0.05) is 36.3 Å². The Balaban J connectivity index is 1.66. The molecule has 1 atom stereocenters. The van der Waals surface area contributed by atoms with Crippen molar-refractivity contribution in [1.82, 2.24) is 24.9 Å². The second kappa shape index (κ2) is 9.12. The average molecular weight is 416 g/mol. The van der Waals surface area contributed by atoms with Crippen LogP contribution in [0.5, 0.6) is 0 Å². The Morgan fingerprint density at radius 1 is 1.00 bits per heavy atom. The minimum Gasteiger partial charge on any atom is -0.383 e. The number of nitrogens with zero attached hydrogens (tertiary/aromatic N) is 5. The molecule has 31 heavy (non-hydrogen) atoms. The lowest BCUT2D eigenvalue weighted by molar-refractivity contribution is 0.626. The van der Waals surface area contributed by atoms with E-state index >= 15 is 0 Å². The Labute approximate surface area is 178 Å². The second-order valence-electron chi connectivity index (χ2n) is 6.89. The van der Waals surface area contributed by atoms with Crippen LogP contribution in [0.2, 0.25) is 0 Å². The van der Waals surface area contributed by atoms with Crippen LogP contribution in [-0.2, 0) is 6.42 Å². The Morgan fingerprint density at radius 3 is 2.55 bits per heavy atom. The highest BCUT2D eigenvalue weighted by atomic mass is 19.1. The van der Waals surface area contributed by atoms with E-state index in [2.05, 4.69) is 35.6 Å². The molecular formula is C22H21FN8. The lowest BCUT2D eigenvalue weighted by atomic mass is 10.1. The number of halogens is 1. The van der Waals surface area contributed by atoms with Crippen LogP contribution >= 0.6 is 0 Å². The van der Waals surface area contributed by atoms with E-state index < -0.39 is 0 Å². The lowest BCUT2D eigenvalue weighted by Gasteiger charge is -2.18. The third-order valence-corrected chi connectivity index (χ3v) is 4.65. The first-order valence-corrected chi connectivity index (χ1v) is 9.70. The Morgan fingerprint density at radius 2 is 1.84 bits per heavy atom. The molecule has 0 radical (unpaired) electrons. The topological polar surface area (TPSA) is 115 Å². The van der Waals surface area contributed by atoms with Gasteiger partial charge in [0.05, 0.1) is 12.2 Å². The van der Waals surface area contributed by atoms with Crippen LogP contribution < -0.4 is 16.4 Å². The Kier molecular flexibility index (Phi) is 5.93. The van der Waals surface area contributed by atoms with Gasteiger partial charge in [0.1, 0.15) is 23.3 Å². The number of rotatable bonds is 7. The van der Waals surface area contributed by atoms with E-state index in [1.807, 2.05) is 25.1 Å². The van der Waals surface area contributed by atoms with Crippen molar-refractivity contribution in [2.45, 2.75) is 19.4 Å². The fraction of sp³-hybridized carbons (Fsp3) is 0.136. The van der Waals surface area contributed by atoms with E-state index in [-0.39, 0.29) is 11.9 Å². The fourth-order valence-corrected chi connectivity index (χ4v) is 3.04. The molecule has 0 bridgehead atoms. The van der Waals surface area contributed by atoms with Gasteiger partial charge in [0.15, 0.2) is 0 Å². The zero-order chi connectivity index (χ0) is 21.6. The summed E-state index contributed by atoms with van der Waals surface area (Å²) < 4.78 is 13.2. The molecule has 3 aromatic heterocycles. The molecule has 0 saturated heterocycles. The van der Waals surface area contributed by atoms with Crippen LogP contribution in [0.25, 0.3) is 0 Å². The lowest BCUT2D eigenvalue weighted by Crippen LogP contribution is -2.14. The maximum Gasteiger partial charge on any atom is 0.227 e. The predicted molar refractivity (Wildman–Crippen MR) is 117 cm³/mol. The minimum atomic E-state index is -0.286. The van der Waals surface area contributed by atoms with Gasteiger partial charge in [0.25, 0.3) is 0 Å². The molecule has 0 aliphatic heterocycles. The maximum atomic E-state index is 13.2. The van der Waals surface area contributed by atoms with Crippen LogP contribution in [0.15, 0.2) is 67.3 Å². The van der Waals surface area contributed by atoms with Gasteiger partial charge in [-0.2, -0.15) is 9.97 Å². The molecule has 0 spiro atoms. The first kappa shape index (κ1) is 20.1. The van der Waals surface area contributed by atoms with Gasteiger partial charge in [-0.05, 0) is 36.8 Å². The third-order valence-electron chi connectivity index (χ3n) is 4.65. The maximum absolute atomic E-state index is 13.2. The molecule has 1 aromatic carbocycles. The summed E-state index contributed by atoms with van der Waals surface area (Å²) in [6.07, 6.45) is 6.94. The fourth-order valence-electron chi connectivity index (χ4n) is 3.04. The summed E-state index contributed by atoms with van der Waals surface area (Å²) in [6, 6.07) is 11.8. The van der Waals surface area contributed by atoms with Gasteiger partial charge in [-0.3, -0.25) is 9.97 Å². The normalized spacial score (nSPS) is 11.7. The van der Waals surface area contributed by atoms with E-state index in [0.29, 0.717) is 35.4 Å². The standard InChI is InChI=1S/C22H21FN8/c1-14(15-5-7-16(23)8-6-15)28-22-30-20(24)18(12-17-4-2-3-9-26-17)21(31-22)29-19-13-25-10-11-27-19/h2-11,13-14H,12H2,1H3,(H4,24,27,28,29,30,31)/t14-/m0/s1. The summed E-state index contributed by atoms with van der Waals surface area (Å²) in [5.74, 6) is 1.41. The van der Waals surface area contributed by atoms with E-state index in [1.165, 1.54) is 12.1 Å². The molecule has 8 nitrogen and oxygen atoms in total. The number of anilines is 4. The number of pyridine rings is 1. The van der Waals surface area contributed by atoms with Gasteiger partial charge in [-0.25, -0.2) is 9.37 Å². The average Bonchev–Trinajstić information content (AvgIpc) is 2.78. The van der Waals surface area contributed by atoms with Crippen molar-refractivity contribution >= 4 is 23.4 Å². The van der Waals surface area contributed by atoms with Crippen molar-refractivity contribution in [3.05, 3.63) is 89.9 Å². The molecule has 3 heterocycles. The van der Waals surface area contributed by atoms with E-state index in [0.717, 1.165) is 11.3 Å². The highest BCUT2D eigenvalue weighted by molar-refractivity contribution is 5.65. The van der Waals surface area contributed by atoms with E-state index in [4.69, 9.17) is 5.73 Å². The molecule has 4 rings (SSSR count). The van der Waals surface area contributed by atoms with Crippen molar-refractivity contribution in [3.63, 3.8) is 0 Å². The summed E-state index contributed by atoms with van der Waals surface area (Å²) in [7, 11) is 0. The Bertz CT molecular complexity index is 1140. The number of nitrogens with one attached hydrogen (secondary N) is 2. The van der Waals surface area contributed by atoms with Crippen molar-refractivity contribution in [2.24, 2.45) is 0 Å². The number of nitrogens with two attached hydrogens (primary N) is 1. The van der Waals surface area contributed by atoms with Gasteiger partial charge in [0.2, 0.25) is 5.95 Å². The van der Waals surface area contributed by atoms with Crippen molar-refractivity contribution < 1.29 is 4.39 Å². The largest absolute Gasteiger partial charge is 0.383 e. The van der Waals surface area contributed by atoms with Crippen LogP contribution in [0.3, 0.4) is 0 Å². The summed E-state index contributed by atoms with van der Waals surface area (Å²) in [4.78, 5) is 21.8.